The van der Waals surface area contributed by atoms with Gasteiger partial charge in [0.1, 0.15) is 0 Å². The van der Waals surface area contributed by atoms with Crippen LogP contribution < -0.4 is 11.1 Å². The molecule has 17 heavy (non-hydrogen) atoms. The molecule has 0 aliphatic rings. The Bertz CT molecular complexity index is 405. The first-order valence-corrected chi connectivity index (χ1v) is 5.95. The van der Waals surface area contributed by atoms with Gasteiger partial charge in [-0.15, -0.1) is 0 Å². The van der Waals surface area contributed by atoms with E-state index >= 15 is 0 Å². The van der Waals surface area contributed by atoms with Crippen molar-refractivity contribution in [2.45, 2.75) is 33.1 Å². The van der Waals surface area contributed by atoms with E-state index in [0.29, 0.717) is 13.1 Å². The molecule has 3 heteroatoms. The molecule has 0 saturated heterocycles. The number of carbonyl (C=O) groups is 1. The van der Waals surface area contributed by atoms with Gasteiger partial charge in [0.15, 0.2) is 0 Å². The quantitative estimate of drug-likeness (QED) is 0.840. The maximum Gasteiger partial charge on any atom is 0.251 e. The van der Waals surface area contributed by atoms with E-state index in [1.54, 1.807) is 0 Å². The van der Waals surface area contributed by atoms with Crippen LogP contribution >= 0.6 is 0 Å². The largest absolute Gasteiger partial charge is 0.351 e. The first-order chi connectivity index (χ1) is 7.86. The second kappa shape index (κ2) is 5.32. The first kappa shape index (κ1) is 13.7. The number of rotatable bonds is 3. The van der Waals surface area contributed by atoms with Gasteiger partial charge in [-0.2, -0.15) is 0 Å². The average Bonchev–Trinajstić information content (AvgIpc) is 2.24. The Balaban J connectivity index is 3.02. The van der Waals surface area contributed by atoms with Crippen molar-refractivity contribution in [2.24, 2.45) is 5.73 Å². The Morgan fingerprint density at radius 3 is 2.53 bits per heavy atom. The van der Waals surface area contributed by atoms with Gasteiger partial charge in [0, 0.05) is 18.7 Å². The van der Waals surface area contributed by atoms with Crippen LogP contribution in [0, 0.1) is 6.92 Å². The molecule has 0 saturated carbocycles. The van der Waals surface area contributed by atoms with Crippen molar-refractivity contribution in [2.75, 3.05) is 13.1 Å². The van der Waals surface area contributed by atoms with Gasteiger partial charge in [-0.3, -0.25) is 4.79 Å². The van der Waals surface area contributed by atoms with Crippen LogP contribution in [0.2, 0.25) is 0 Å². The molecule has 3 N–H and O–H groups in total. The van der Waals surface area contributed by atoms with E-state index in [2.05, 4.69) is 32.2 Å². The van der Waals surface area contributed by atoms with Crippen molar-refractivity contribution < 1.29 is 4.79 Å². The molecule has 0 radical (unpaired) electrons. The number of nitrogens with two attached hydrogens (primary N) is 1. The molecule has 1 aromatic carbocycles. The lowest BCUT2D eigenvalue weighted by molar-refractivity contribution is 0.0954. The molecular weight excluding hydrogens is 212 g/mol. The lowest BCUT2D eigenvalue weighted by Gasteiger charge is -2.20. The van der Waals surface area contributed by atoms with Crippen LogP contribution in [0.3, 0.4) is 0 Å². The number of hydrogen-bond acceptors (Lipinski definition) is 2. The molecule has 0 atom stereocenters. The fraction of sp³-hybridized carbons (Fsp3) is 0.500. The summed E-state index contributed by atoms with van der Waals surface area (Å²) in [7, 11) is 0. The third kappa shape index (κ3) is 3.56. The first-order valence-electron chi connectivity index (χ1n) is 5.95. The molecule has 0 aromatic heterocycles. The van der Waals surface area contributed by atoms with E-state index in [0.717, 1.165) is 11.1 Å². The van der Waals surface area contributed by atoms with Gasteiger partial charge in [-0.1, -0.05) is 32.9 Å². The van der Waals surface area contributed by atoms with Gasteiger partial charge in [0.25, 0.3) is 5.91 Å². The monoisotopic (exact) mass is 234 g/mol. The normalized spacial score (nSPS) is 11.4. The average molecular weight is 234 g/mol. The lowest BCUT2D eigenvalue weighted by atomic mass is 9.85. The van der Waals surface area contributed by atoms with Crippen molar-refractivity contribution >= 4 is 5.91 Å². The molecule has 94 valence electrons. The maximum absolute atomic E-state index is 11.9. The van der Waals surface area contributed by atoms with E-state index in [1.807, 2.05) is 19.1 Å². The van der Waals surface area contributed by atoms with Crippen molar-refractivity contribution in [1.82, 2.24) is 5.32 Å². The zero-order valence-electron chi connectivity index (χ0n) is 11.1. The number of aryl methyl sites for hydroxylation is 1. The van der Waals surface area contributed by atoms with Gasteiger partial charge in [0.05, 0.1) is 0 Å². The van der Waals surface area contributed by atoms with Crippen molar-refractivity contribution in [1.29, 1.82) is 0 Å². The molecule has 0 bridgehead atoms. The number of amides is 1. The van der Waals surface area contributed by atoms with E-state index in [4.69, 9.17) is 5.73 Å². The second-order valence-corrected chi connectivity index (χ2v) is 5.32. The second-order valence-electron chi connectivity index (χ2n) is 5.32. The van der Waals surface area contributed by atoms with E-state index < -0.39 is 0 Å². The summed E-state index contributed by atoms with van der Waals surface area (Å²) in [6.07, 6.45) is 0. The van der Waals surface area contributed by atoms with Crippen LogP contribution in [-0.2, 0) is 5.41 Å². The summed E-state index contributed by atoms with van der Waals surface area (Å²) in [5.41, 5.74) is 8.33. The van der Waals surface area contributed by atoms with E-state index in [-0.39, 0.29) is 11.3 Å². The van der Waals surface area contributed by atoms with Crippen molar-refractivity contribution in [3.63, 3.8) is 0 Å². The highest BCUT2D eigenvalue weighted by Crippen LogP contribution is 2.24. The summed E-state index contributed by atoms with van der Waals surface area (Å²) in [5, 5.41) is 2.80. The summed E-state index contributed by atoms with van der Waals surface area (Å²) in [6, 6.07) is 6.05. The van der Waals surface area contributed by atoms with Gasteiger partial charge in [-0.25, -0.2) is 0 Å². The lowest BCUT2D eigenvalue weighted by Crippen LogP contribution is -2.29. The topological polar surface area (TPSA) is 55.1 Å². The van der Waals surface area contributed by atoms with Gasteiger partial charge in [0.2, 0.25) is 0 Å². The zero-order chi connectivity index (χ0) is 13.1. The molecule has 1 amide bonds. The van der Waals surface area contributed by atoms with E-state index in [9.17, 15) is 4.79 Å². The summed E-state index contributed by atoms with van der Waals surface area (Å²) in [4.78, 5) is 11.9. The van der Waals surface area contributed by atoms with Crippen molar-refractivity contribution in [3.05, 3.63) is 34.9 Å². The molecule has 1 aromatic rings. The Labute approximate surface area is 103 Å². The summed E-state index contributed by atoms with van der Waals surface area (Å²) in [6.45, 7) is 9.34. The Morgan fingerprint density at radius 2 is 2.00 bits per heavy atom. The number of nitrogens with one attached hydrogen (secondary N) is 1. The molecule has 0 aliphatic carbocycles. The molecular formula is C14H22N2O. The summed E-state index contributed by atoms with van der Waals surface area (Å²) >= 11 is 0. The SMILES string of the molecule is Cc1ccc(C(C)(C)C)cc1C(=O)NCCN. The molecule has 1 rings (SSSR count). The Morgan fingerprint density at radius 1 is 1.35 bits per heavy atom. The summed E-state index contributed by atoms with van der Waals surface area (Å²) in [5.74, 6) is -0.0425. The minimum Gasteiger partial charge on any atom is -0.351 e. The highest BCUT2D eigenvalue weighted by atomic mass is 16.1. The molecule has 0 heterocycles. The predicted molar refractivity (Wildman–Crippen MR) is 71.3 cm³/mol. The predicted octanol–water partition coefficient (Wildman–Crippen LogP) is 1.98. The Hall–Kier alpha value is -1.35. The molecule has 0 aliphatic heterocycles. The van der Waals surface area contributed by atoms with Crippen LogP contribution in [-0.4, -0.2) is 19.0 Å². The van der Waals surface area contributed by atoms with Crippen LogP contribution in [0.15, 0.2) is 18.2 Å². The molecule has 0 spiro atoms. The van der Waals surface area contributed by atoms with E-state index in [1.165, 1.54) is 5.56 Å². The van der Waals surface area contributed by atoms with Crippen LogP contribution in [0.1, 0.15) is 42.3 Å². The van der Waals surface area contributed by atoms with Crippen LogP contribution in [0.5, 0.6) is 0 Å². The number of carbonyl (C=O) groups excluding carboxylic acids is 1. The maximum atomic E-state index is 11.9. The van der Waals surface area contributed by atoms with Gasteiger partial charge in [-0.05, 0) is 29.5 Å². The zero-order valence-corrected chi connectivity index (χ0v) is 11.1. The van der Waals surface area contributed by atoms with Crippen LogP contribution in [0.25, 0.3) is 0 Å². The number of hydrogen-bond donors (Lipinski definition) is 2. The highest BCUT2D eigenvalue weighted by molar-refractivity contribution is 5.95. The third-order valence-electron chi connectivity index (χ3n) is 2.78. The number of benzene rings is 1. The highest BCUT2D eigenvalue weighted by Gasteiger charge is 2.17. The fourth-order valence-electron chi connectivity index (χ4n) is 1.61. The minimum atomic E-state index is -0.0425. The minimum absolute atomic E-state index is 0.0425. The standard InChI is InChI=1S/C14H22N2O/c1-10-5-6-11(14(2,3)4)9-12(10)13(17)16-8-7-15/h5-6,9H,7-8,15H2,1-4H3,(H,16,17). The summed E-state index contributed by atoms with van der Waals surface area (Å²) < 4.78 is 0. The fourth-order valence-corrected chi connectivity index (χ4v) is 1.61. The molecule has 0 unspecified atom stereocenters. The van der Waals surface area contributed by atoms with Gasteiger partial charge < -0.3 is 11.1 Å². The molecule has 0 fully saturated rings. The Kier molecular flexibility index (Phi) is 4.29. The smallest absolute Gasteiger partial charge is 0.251 e. The van der Waals surface area contributed by atoms with Crippen molar-refractivity contribution in [3.8, 4) is 0 Å². The van der Waals surface area contributed by atoms with Crippen LogP contribution in [0.4, 0.5) is 0 Å². The van der Waals surface area contributed by atoms with Gasteiger partial charge >= 0.3 is 0 Å². The molecule has 3 nitrogen and oxygen atoms in total. The third-order valence-corrected chi connectivity index (χ3v) is 2.78.